The fraction of sp³-hybridized carbons (Fsp3) is 0.647. The van der Waals surface area contributed by atoms with Gasteiger partial charge in [-0.3, -0.25) is 0 Å². The van der Waals surface area contributed by atoms with Crippen LogP contribution < -0.4 is 10.6 Å². The average Bonchev–Trinajstić information content (AvgIpc) is 2.98. The molecule has 1 heterocycles. The second kappa shape index (κ2) is 7.76. The summed E-state index contributed by atoms with van der Waals surface area (Å²) in [5.41, 5.74) is 7.78. The van der Waals surface area contributed by atoms with Crippen molar-refractivity contribution in [2.75, 3.05) is 24.6 Å². The molecule has 21 heavy (non-hydrogen) atoms. The number of hydrogen-bond donors (Lipinski definition) is 1. The monoisotopic (exact) mass is 294 g/mol. The standard InChI is InChI=1S/C17H27FN2O/c1-3-14(19)11-13-7-5-9-16(18)17(13)20(4-2)12-15-8-6-10-21-15/h5,7,9,14-15H,3-4,6,8,10-12,19H2,1-2H3. The molecule has 1 aliphatic rings. The average molecular weight is 294 g/mol. The molecular weight excluding hydrogens is 267 g/mol. The lowest BCUT2D eigenvalue weighted by molar-refractivity contribution is 0.115. The molecule has 2 N–H and O–H groups in total. The smallest absolute Gasteiger partial charge is 0.146 e. The first kappa shape index (κ1) is 16.2. The molecule has 118 valence electrons. The second-order valence-corrected chi connectivity index (χ2v) is 5.79. The Labute approximate surface area is 127 Å². The third kappa shape index (κ3) is 4.17. The van der Waals surface area contributed by atoms with Gasteiger partial charge in [-0.15, -0.1) is 0 Å². The summed E-state index contributed by atoms with van der Waals surface area (Å²) in [6, 6.07) is 5.38. The van der Waals surface area contributed by atoms with E-state index in [0.29, 0.717) is 12.1 Å². The van der Waals surface area contributed by atoms with Gasteiger partial charge < -0.3 is 15.4 Å². The molecule has 1 fully saturated rings. The zero-order valence-electron chi connectivity index (χ0n) is 13.1. The number of benzene rings is 1. The minimum Gasteiger partial charge on any atom is -0.376 e. The van der Waals surface area contributed by atoms with Crippen LogP contribution in [0.5, 0.6) is 0 Å². The molecule has 1 aliphatic heterocycles. The lowest BCUT2D eigenvalue weighted by Crippen LogP contribution is -2.34. The molecule has 0 bridgehead atoms. The third-order valence-corrected chi connectivity index (χ3v) is 4.22. The molecule has 3 nitrogen and oxygen atoms in total. The highest BCUT2D eigenvalue weighted by atomic mass is 19.1. The maximum atomic E-state index is 14.4. The van der Waals surface area contributed by atoms with Crippen LogP contribution in [-0.4, -0.2) is 31.8 Å². The van der Waals surface area contributed by atoms with Crippen LogP contribution in [0, 0.1) is 5.82 Å². The molecule has 0 amide bonds. The van der Waals surface area contributed by atoms with E-state index < -0.39 is 0 Å². The lowest BCUT2D eigenvalue weighted by atomic mass is 10.0. The van der Waals surface area contributed by atoms with Gasteiger partial charge in [-0.25, -0.2) is 4.39 Å². The summed E-state index contributed by atoms with van der Waals surface area (Å²) in [5, 5.41) is 0. The highest BCUT2D eigenvalue weighted by Gasteiger charge is 2.22. The van der Waals surface area contributed by atoms with Crippen LogP contribution >= 0.6 is 0 Å². The van der Waals surface area contributed by atoms with Crippen LogP contribution in [0.4, 0.5) is 10.1 Å². The number of likely N-dealkylation sites (N-methyl/N-ethyl adjacent to an activating group) is 1. The summed E-state index contributed by atoms with van der Waals surface area (Å²) >= 11 is 0. The Bertz CT molecular complexity index is 446. The van der Waals surface area contributed by atoms with Gasteiger partial charge in [0.15, 0.2) is 0 Å². The van der Waals surface area contributed by atoms with Gasteiger partial charge in [0.1, 0.15) is 5.82 Å². The first-order valence-electron chi connectivity index (χ1n) is 8.05. The molecule has 1 aromatic carbocycles. The van der Waals surface area contributed by atoms with Gasteiger partial charge in [-0.2, -0.15) is 0 Å². The van der Waals surface area contributed by atoms with Gasteiger partial charge in [-0.1, -0.05) is 19.1 Å². The number of nitrogens with two attached hydrogens (primary N) is 1. The minimum absolute atomic E-state index is 0.0759. The number of para-hydroxylation sites is 1. The fourth-order valence-corrected chi connectivity index (χ4v) is 2.92. The number of halogens is 1. The Morgan fingerprint density at radius 2 is 2.24 bits per heavy atom. The minimum atomic E-state index is -0.157. The van der Waals surface area contributed by atoms with Crippen molar-refractivity contribution in [3.63, 3.8) is 0 Å². The molecule has 0 saturated carbocycles. The molecule has 2 atom stereocenters. The van der Waals surface area contributed by atoms with E-state index in [9.17, 15) is 4.39 Å². The van der Waals surface area contributed by atoms with Crippen molar-refractivity contribution in [2.24, 2.45) is 5.73 Å². The quantitative estimate of drug-likeness (QED) is 0.840. The van der Waals surface area contributed by atoms with Crippen LogP contribution in [0.25, 0.3) is 0 Å². The predicted octanol–water partition coefficient (Wildman–Crippen LogP) is 3.11. The molecular formula is C17H27FN2O. The molecule has 2 unspecified atom stereocenters. The number of nitrogens with zero attached hydrogens (tertiary/aromatic N) is 1. The molecule has 1 aromatic rings. The first-order valence-corrected chi connectivity index (χ1v) is 8.05. The normalized spacial score (nSPS) is 19.7. The lowest BCUT2D eigenvalue weighted by Gasteiger charge is -2.29. The summed E-state index contributed by atoms with van der Waals surface area (Å²) in [7, 11) is 0. The fourth-order valence-electron chi connectivity index (χ4n) is 2.92. The summed E-state index contributed by atoms with van der Waals surface area (Å²) in [6.07, 6.45) is 4.00. The number of ether oxygens (including phenoxy) is 1. The molecule has 0 aliphatic carbocycles. The van der Waals surface area contributed by atoms with Crippen molar-refractivity contribution in [1.29, 1.82) is 0 Å². The summed E-state index contributed by atoms with van der Waals surface area (Å²) in [6.45, 7) is 6.48. The van der Waals surface area contributed by atoms with Crippen LogP contribution in [-0.2, 0) is 11.2 Å². The highest BCUT2D eigenvalue weighted by molar-refractivity contribution is 5.55. The van der Waals surface area contributed by atoms with Crippen molar-refractivity contribution in [1.82, 2.24) is 0 Å². The molecule has 4 heteroatoms. The number of rotatable bonds is 7. The zero-order chi connectivity index (χ0) is 15.2. The van der Waals surface area contributed by atoms with E-state index in [1.807, 2.05) is 6.07 Å². The molecule has 0 radical (unpaired) electrons. The SMILES string of the molecule is CCC(N)Cc1cccc(F)c1N(CC)CC1CCCO1. The number of hydrogen-bond acceptors (Lipinski definition) is 3. The van der Waals surface area contributed by atoms with Crippen LogP contribution in [0.3, 0.4) is 0 Å². The van der Waals surface area contributed by atoms with E-state index in [1.54, 1.807) is 6.07 Å². The molecule has 0 spiro atoms. The van der Waals surface area contributed by atoms with E-state index in [-0.39, 0.29) is 18.0 Å². The van der Waals surface area contributed by atoms with Crippen molar-refractivity contribution >= 4 is 5.69 Å². The van der Waals surface area contributed by atoms with E-state index in [1.165, 1.54) is 6.07 Å². The first-order chi connectivity index (χ1) is 10.2. The van der Waals surface area contributed by atoms with Gasteiger partial charge in [0, 0.05) is 25.7 Å². The van der Waals surface area contributed by atoms with Crippen molar-refractivity contribution in [2.45, 2.75) is 51.7 Å². The molecule has 2 rings (SSSR count). The topological polar surface area (TPSA) is 38.5 Å². The second-order valence-electron chi connectivity index (χ2n) is 5.79. The van der Waals surface area contributed by atoms with Crippen molar-refractivity contribution in [3.8, 4) is 0 Å². The van der Waals surface area contributed by atoms with Gasteiger partial charge >= 0.3 is 0 Å². The van der Waals surface area contributed by atoms with Gasteiger partial charge in [-0.05, 0) is 44.2 Å². The van der Waals surface area contributed by atoms with E-state index in [4.69, 9.17) is 10.5 Å². The highest BCUT2D eigenvalue weighted by Crippen LogP contribution is 2.27. The van der Waals surface area contributed by atoms with Crippen molar-refractivity contribution < 1.29 is 9.13 Å². The summed E-state index contributed by atoms with van der Waals surface area (Å²) in [4.78, 5) is 2.10. The summed E-state index contributed by atoms with van der Waals surface area (Å²) in [5.74, 6) is -0.157. The Balaban J connectivity index is 2.21. The molecule has 0 aromatic heterocycles. The number of anilines is 1. The van der Waals surface area contributed by atoms with E-state index in [2.05, 4.69) is 18.7 Å². The van der Waals surface area contributed by atoms with Crippen LogP contribution in [0.1, 0.15) is 38.7 Å². The largest absolute Gasteiger partial charge is 0.376 e. The maximum Gasteiger partial charge on any atom is 0.146 e. The van der Waals surface area contributed by atoms with Gasteiger partial charge in [0.05, 0.1) is 11.8 Å². The Kier molecular flexibility index (Phi) is 6.00. The van der Waals surface area contributed by atoms with Gasteiger partial charge in [0.25, 0.3) is 0 Å². The zero-order valence-corrected chi connectivity index (χ0v) is 13.1. The van der Waals surface area contributed by atoms with Crippen molar-refractivity contribution in [3.05, 3.63) is 29.6 Å². The van der Waals surface area contributed by atoms with Crippen LogP contribution in [0.15, 0.2) is 18.2 Å². The summed E-state index contributed by atoms with van der Waals surface area (Å²) < 4.78 is 20.1. The Morgan fingerprint density at radius 3 is 2.86 bits per heavy atom. The van der Waals surface area contributed by atoms with E-state index in [0.717, 1.165) is 44.5 Å². The third-order valence-electron chi connectivity index (χ3n) is 4.22. The Morgan fingerprint density at radius 1 is 1.43 bits per heavy atom. The van der Waals surface area contributed by atoms with Crippen LogP contribution in [0.2, 0.25) is 0 Å². The Hall–Kier alpha value is -1.13. The predicted molar refractivity (Wildman–Crippen MR) is 85.2 cm³/mol. The van der Waals surface area contributed by atoms with Gasteiger partial charge in [0.2, 0.25) is 0 Å². The van der Waals surface area contributed by atoms with E-state index >= 15 is 0 Å². The molecule has 1 saturated heterocycles. The maximum absolute atomic E-state index is 14.4.